The fraction of sp³-hybridized carbons (Fsp3) is 0.231. The van der Waals surface area contributed by atoms with E-state index in [0.29, 0.717) is 16.0 Å². The molecular weight excluding hydrogens is 371 g/mol. The van der Waals surface area contributed by atoms with Crippen LogP contribution in [-0.4, -0.2) is 34.8 Å². The Kier molecular flexibility index (Phi) is 4.18. The van der Waals surface area contributed by atoms with Gasteiger partial charge in [-0.3, -0.25) is 4.90 Å². The van der Waals surface area contributed by atoms with Crippen LogP contribution in [0.2, 0.25) is 0 Å². The maximum absolute atomic E-state index is 14.3. The van der Waals surface area contributed by atoms with Crippen molar-refractivity contribution < 1.29 is 13.9 Å². The van der Waals surface area contributed by atoms with Crippen LogP contribution in [0.15, 0.2) is 40.4 Å². The summed E-state index contributed by atoms with van der Waals surface area (Å²) in [5, 5.41) is 3.38. The first kappa shape index (κ1) is 15.3. The molecule has 1 aromatic carbocycles. The van der Waals surface area contributed by atoms with Crippen LogP contribution in [0.1, 0.15) is 0 Å². The number of nitrogens with zero attached hydrogens (tertiary/aromatic N) is 6. The molecule has 2 aromatic rings. The molecule has 1 fully saturated rings. The molecule has 3 rings (SSSR count). The minimum atomic E-state index is -0.597. The van der Waals surface area contributed by atoms with Crippen LogP contribution in [0.3, 0.4) is 0 Å². The van der Waals surface area contributed by atoms with E-state index in [2.05, 4.69) is 30.9 Å². The predicted molar refractivity (Wildman–Crippen MR) is 82.9 cm³/mol. The van der Waals surface area contributed by atoms with Gasteiger partial charge in [0.15, 0.2) is 0 Å². The Bertz CT molecular complexity index is 804. The van der Waals surface area contributed by atoms with Gasteiger partial charge in [0.1, 0.15) is 22.9 Å². The highest BCUT2D eigenvalue weighted by Crippen LogP contribution is 2.26. The Morgan fingerprint density at radius 1 is 1.57 bits per heavy atom. The highest BCUT2D eigenvalue weighted by atomic mass is 79.9. The number of ether oxygens (including phenoxy) is 1. The number of anilines is 1. The van der Waals surface area contributed by atoms with E-state index < -0.39 is 18.0 Å². The van der Waals surface area contributed by atoms with Gasteiger partial charge in [0, 0.05) is 11.1 Å². The van der Waals surface area contributed by atoms with Crippen molar-refractivity contribution in [3.63, 3.8) is 0 Å². The van der Waals surface area contributed by atoms with E-state index in [0.717, 1.165) is 0 Å². The van der Waals surface area contributed by atoms with Crippen molar-refractivity contribution in [3.8, 4) is 5.69 Å². The molecule has 2 heterocycles. The zero-order chi connectivity index (χ0) is 16.4. The van der Waals surface area contributed by atoms with Crippen molar-refractivity contribution in [2.75, 3.05) is 18.0 Å². The summed E-state index contributed by atoms with van der Waals surface area (Å²) in [7, 11) is 0. The topological polar surface area (TPSA) is 96.1 Å². The van der Waals surface area contributed by atoms with E-state index in [1.54, 1.807) is 18.3 Å². The number of imidazole rings is 1. The van der Waals surface area contributed by atoms with Crippen molar-refractivity contribution in [2.24, 2.45) is 5.11 Å². The molecule has 0 bridgehead atoms. The SMILES string of the molecule is [N-]=[N+]=NC[C@@H]1CN(c2ccc(-n3cnc(Br)c3)c(F)c2)C(=O)O1. The molecule has 0 spiro atoms. The van der Waals surface area contributed by atoms with Crippen molar-refractivity contribution in [3.05, 3.63) is 51.6 Å². The molecular formula is C13H10BrFN6O2. The highest BCUT2D eigenvalue weighted by Gasteiger charge is 2.32. The molecule has 0 aliphatic carbocycles. The van der Waals surface area contributed by atoms with Gasteiger partial charge < -0.3 is 9.30 Å². The molecule has 0 radical (unpaired) electrons. The zero-order valence-electron chi connectivity index (χ0n) is 11.6. The van der Waals surface area contributed by atoms with E-state index in [9.17, 15) is 9.18 Å². The Labute approximate surface area is 138 Å². The summed E-state index contributed by atoms with van der Waals surface area (Å²) in [6.07, 6.45) is 1.96. The lowest BCUT2D eigenvalue weighted by molar-refractivity contribution is 0.145. The zero-order valence-corrected chi connectivity index (χ0v) is 13.2. The van der Waals surface area contributed by atoms with Crippen LogP contribution in [0, 0.1) is 5.82 Å². The molecule has 1 saturated heterocycles. The smallest absolute Gasteiger partial charge is 0.414 e. The normalized spacial score (nSPS) is 17.0. The minimum Gasteiger partial charge on any atom is -0.444 e. The van der Waals surface area contributed by atoms with E-state index in [-0.39, 0.29) is 13.1 Å². The lowest BCUT2D eigenvalue weighted by Crippen LogP contribution is -2.25. The summed E-state index contributed by atoms with van der Waals surface area (Å²) in [5.74, 6) is -0.501. The van der Waals surface area contributed by atoms with Gasteiger partial charge >= 0.3 is 6.09 Å². The van der Waals surface area contributed by atoms with E-state index >= 15 is 0 Å². The van der Waals surface area contributed by atoms with E-state index in [1.165, 1.54) is 21.9 Å². The second-order valence-electron chi connectivity index (χ2n) is 4.77. The number of benzene rings is 1. The van der Waals surface area contributed by atoms with E-state index in [4.69, 9.17) is 10.3 Å². The van der Waals surface area contributed by atoms with Gasteiger partial charge in [-0.2, -0.15) is 0 Å². The molecule has 1 aliphatic heterocycles. The Balaban J connectivity index is 1.83. The molecule has 1 atom stereocenters. The van der Waals surface area contributed by atoms with Gasteiger partial charge in [0.25, 0.3) is 0 Å². The summed E-state index contributed by atoms with van der Waals surface area (Å²) in [6.45, 7) is 0.246. The summed E-state index contributed by atoms with van der Waals surface area (Å²) < 4.78 is 21.5. The molecule has 118 valence electrons. The van der Waals surface area contributed by atoms with E-state index in [1.807, 2.05) is 0 Å². The lowest BCUT2D eigenvalue weighted by Gasteiger charge is -2.14. The summed E-state index contributed by atoms with van der Waals surface area (Å²) in [6, 6.07) is 4.41. The van der Waals surface area contributed by atoms with Crippen LogP contribution < -0.4 is 4.90 Å². The number of carbonyl (C=O) groups is 1. The molecule has 0 unspecified atom stereocenters. The third-order valence-corrected chi connectivity index (χ3v) is 3.70. The third-order valence-electron chi connectivity index (χ3n) is 3.29. The second-order valence-corrected chi connectivity index (χ2v) is 5.58. The Hall–Kier alpha value is -2.58. The molecule has 1 amide bonds. The van der Waals surface area contributed by atoms with Crippen molar-refractivity contribution in [1.29, 1.82) is 0 Å². The number of hydrogen-bond donors (Lipinski definition) is 0. The van der Waals surface area contributed by atoms with Gasteiger partial charge in [-0.15, -0.1) is 0 Å². The first-order valence-corrected chi connectivity index (χ1v) is 7.36. The minimum absolute atomic E-state index is 0.0440. The maximum Gasteiger partial charge on any atom is 0.414 e. The first-order valence-electron chi connectivity index (χ1n) is 6.57. The molecule has 23 heavy (non-hydrogen) atoms. The summed E-state index contributed by atoms with van der Waals surface area (Å²) in [4.78, 5) is 19.7. The van der Waals surface area contributed by atoms with Gasteiger partial charge in [-0.1, -0.05) is 5.11 Å². The van der Waals surface area contributed by atoms with Crippen molar-refractivity contribution in [1.82, 2.24) is 9.55 Å². The van der Waals surface area contributed by atoms with Crippen LogP contribution in [0.25, 0.3) is 16.1 Å². The summed E-state index contributed by atoms with van der Waals surface area (Å²) >= 11 is 3.20. The van der Waals surface area contributed by atoms with Crippen molar-refractivity contribution >= 4 is 27.7 Å². The number of cyclic esters (lactones) is 1. The summed E-state index contributed by atoms with van der Waals surface area (Å²) in [5.41, 5.74) is 8.98. The van der Waals surface area contributed by atoms with Gasteiger partial charge in [-0.05, 0) is 39.7 Å². The Morgan fingerprint density at radius 2 is 2.39 bits per heavy atom. The number of amides is 1. The Morgan fingerprint density at radius 3 is 3.04 bits per heavy atom. The van der Waals surface area contributed by atoms with Crippen LogP contribution in [0.5, 0.6) is 0 Å². The lowest BCUT2D eigenvalue weighted by atomic mass is 10.2. The first-order chi connectivity index (χ1) is 11.1. The predicted octanol–water partition coefficient (Wildman–Crippen LogP) is 3.41. The standard InChI is InChI=1S/C13H10BrFN6O2/c14-12-6-20(7-17-12)11-2-1-8(3-10(11)15)21-5-9(4-18-19-16)23-13(21)22/h1-3,6-7,9H,4-5H2/t9-/m1/s1. The van der Waals surface area contributed by atoms with Gasteiger partial charge in [0.05, 0.1) is 24.5 Å². The number of aromatic nitrogens is 2. The van der Waals surface area contributed by atoms with Crippen molar-refractivity contribution in [2.45, 2.75) is 6.10 Å². The molecule has 0 saturated carbocycles. The largest absolute Gasteiger partial charge is 0.444 e. The number of carbonyl (C=O) groups excluding carboxylic acids is 1. The fourth-order valence-corrected chi connectivity index (χ4v) is 2.57. The quantitative estimate of drug-likeness (QED) is 0.461. The molecule has 1 aromatic heterocycles. The average Bonchev–Trinajstić information content (AvgIpc) is 3.11. The van der Waals surface area contributed by atoms with Crippen LogP contribution in [0.4, 0.5) is 14.9 Å². The average molecular weight is 381 g/mol. The molecule has 0 N–H and O–H groups in total. The second kappa shape index (κ2) is 6.27. The van der Waals surface area contributed by atoms with Crippen LogP contribution >= 0.6 is 15.9 Å². The number of halogens is 2. The fourth-order valence-electron chi connectivity index (χ4n) is 2.26. The van der Waals surface area contributed by atoms with Crippen LogP contribution in [-0.2, 0) is 4.74 Å². The van der Waals surface area contributed by atoms with Gasteiger partial charge in [0.2, 0.25) is 0 Å². The number of azide groups is 1. The highest BCUT2D eigenvalue weighted by molar-refractivity contribution is 9.10. The number of rotatable bonds is 4. The monoisotopic (exact) mass is 380 g/mol. The third kappa shape index (κ3) is 3.13. The number of hydrogen-bond acceptors (Lipinski definition) is 4. The van der Waals surface area contributed by atoms with Gasteiger partial charge in [-0.25, -0.2) is 14.2 Å². The molecule has 8 nitrogen and oxygen atoms in total. The molecule has 1 aliphatic rings. The molecule has 10 heteroatoms. The maximum atomic E-state index is 14.3.